The molecule has 0 saturated carbocycles. The number of nitrogens with zero attached hydrogens (tertiary/aromatic N) is 1. The highest BCUT2D eigenvalue weighted by Gasteiger charge is 1.72. The lowest BCUT2D eigenvalue weighted by molar-refractivity contribution is 1.25. The van der Waals surface area contributed by atoms with Gasteiger partial charge in [-0.3, -0.25) is 0 Å². The standard InChI is InChI=1S/C6H10N2.C2H6/c1-3-5-6(7)8-4-2;1-2/h3-5H,1,7H2,2H3;1-2H3/b6-5-,8-4-;. The van der Waals surface area contributed by atoms with Crippen molar-refractivity contribution in [2.24, 2.45) is 10.7 Å². The Balaban J connectivity index is 0. The third-order valence-corrected chi connectivity index (χ3v) is 0.567. The third kappa shape index (κ3) is 10.0. The lowest BCUT2D eigenvalue weighted by Gasteiger charge is -1.83. The van der Waals surface area contributed by atoms with E-state index in [1.165, 1.54) is 0 Å². The molecule has 0 heterocycles. The van der Waals surface area contributed by atoms with E-state index in [1.54, 1.807) is 18.4 Å². The summed E-state index contributed by atoms with van der Waals surface area (Å²) in [6.07, 6.45) is 4.87. The summed E-state index contributed by atoms with van der Waals surface area (Å²) < 4.78 is 0. The molecule has 0 bridgehead atoms. The zero-order chi connectivity index (χ0) is 8.41. The van der Waals surface area contributed by atoms with Crippen LogP contribution in [0.5, 0.6) is 0 Å². The van der Waals surface area contributed by atoms with Crippen molar-refractivity contribution in [3.63, 3.8) is 0 Å². The third-order valence-electron chi connectivity index (χ3n) is 0.567. The molecule has 0 aromatic carbocycles. The Morgan fingerprint density at radius 1 is 1.50 bits per heavy atom. The van der Waals surface area contributed by atoms with Crippen LogP contribution in [0.2, 0.25) is 0 Å². The van der Waals surface area contributed by atoms with Crippen LogP contribution in [-0.2, 0) is 0 Å². The molecule has 2 heteroatoms. The molecular weight excluding hydrogens is 124 g/mol. The van der Waals surface area contributed by atoms with Crippen LogP contribution in [0.1, 0.15) is 20.8 Å². The molecule has 0 unspecified atom stereocenters. The second-order valence-electron chi connectivity index (χ2n) is 1.21. The van der Waals surface area contributed by atoms with E-state index in [-0.39, 0.29) is 0 Å². The van der Waals surface area contributed by atoms with Crippen molar-refractivity contribution in [3.8, 4) is 0 Å². The van der Waals surface area contributed by atoms with Gasteiger partial charge in [0.25, 0.3) is 0 Å². The summed E-state index contributed by atoms with van der Waals surface area (Å²) in [4.78, 5) is 3.76. The number of hydrogen-bond acceptors (Lipinski definition) is 2. The maximum Gasteiger partial charge on any atom is 0.122 e. The molecule has 0 aromatic rings. The van der Waals surface area contributed by atoms with Crippen LogP contribution in [0.4, 0.5) is 0 Å². The summed E-state index contributed by atoms with van der Waals surface area (Å²) in [5.74, 6) is 0.488. The second kappa shape index (κ2) is 10.8. The molecule has 0 fully saturated rings. The van der Waals surface area contributed by atoms with Gasteiger partial charge in [0.1, 0.15) is 5.82 Å². The molecule has 2 nitrogen and oxygen atoms in total. The zero-order valence-electron chi connectivity index (χ0n) is 6.96. The van der Waals surface area contributed by atoms with Gasteiger partial charge in [0.2, 0.25) is 0 Å². The van der Waals surface area contributed by atoms with Gasteiger partial charge in [0, 0.05) is 6.21 Å². The first-order valence-corrected chi connectivity index (χ1v) is 3.38. The molecule has 0 aliphatic carbocycles. The van der Waals surface area contributed by atoms with Gasteiger partial charge in [-0.15, -0.1) is 0 Å². The predicted molar refractivity (Wildman–Crippen MR) is 48.0 cm³/mol. The van der Waals surface area contributed by atoms with Crippen molar-refractivity contribution in [1.29, 1.82) is 0 Å². The lowest BCUT2D eigenvalue weighted by Crippen LogP contribution is -1.91. The molecule has 10 heavy (non-hydrogen) atoms. The fraction of sp³-hybridized carbons (Fsp3) is 0.375. The molecule has 0 amide bonds. The quantitative estimate of drug-likeness (QED) is 0.463. The smallest absolute Gasteiger partial charge is 0.122 e. The van der Waals surface area contributed by atoms with Crippen LogP contribution in [0.3, 0.4) is 0 Å². The van der Waals surface area contributed by atoms with Gasteiger partial charge in [0.15, 0.2) is 0 Å². The van der Waals surface area contributed by atoms with Crippen molar-refractivity contribution < 1.29 is 0 Å². The van der Waals surface area contributed by atoms with E-state index in [1.807, 2.05) is 20.8 Å². The molecule has 0 rings (SSSR count). The highest BCUT2D eigenvalue weighted by Crippen LogP contribution is 1.82. The Morgan fingerprint density at radius 3 is 2.30 bits per heavy atom. The van der Waals surface area contributed by atoms with Gasteiger partial charge in [-0.1, -0.05) is 26.5 Å². The SMILES string of the molecule is C=C/C=C(N)\N=C/C.CC. The van der Waals surface area contributed by atoms with Gasteiger partial charge in [0.05, 0.1) is 0 Å². The molecule has 0 aliphatic heterocycles. The first-order chi connectivity index (χ1) is 4.81. The van der Waals surface area contributed by atoms with Crippen molar-refractivity contribution >= 4 is 6.21 Å². The fourth-order valence-corrected chi connectivity index (χ4v) is 0.313. The van der Waals surface area contributed by atoms with Crippen LogP contribution < -0.4 is 5.73 Å². The molecule has 0 saturated heterocycles. The van der Waals surface area contributed by atoms with E-state index in [9.17, 15) is 0 Å². The number of nitrogens with two attached hydrogens (primary N) is 1. The molecule has 58 valence electrons. The summed E-state index contributed by atoms with van der Waals surface area (Å²) >= 11 is 0. The average Bonchev–Trinajstić information content (AvgIpc) is 1.93. The van der Waals surface area contributed by atoms with Crippen LogP contribution in [0.15, 0.2) is 29.5 Å². The number of aliphatic imine (C=N–C) groups is 1. The van der Waals surface area contributed by atoms with E-state index in [4.69, 9.17) is 5.73 Å². The van der Waals surface area contributed by atoms with Crippen LogP contribution in [0, 0.1) is 0 Å². The zero-order valence-corrected chi connectivity index (χ0v) is 6.96. The Labute approximate surface area is 63.2 Å². The van der Waals surface area contributed by atoms with Crippen LogP contribution in [-0.4, -0.2) is 6.21 Å². The molecule has 0 spiro atoms. The van der Waals surface area contributed by atoms with Gasteiger partial charge in [-0.25, -0.2) is 4.99 Å². The van der Waals surface area contributed by atoms with Crippen LogP contribution in [0.25, 0.3) is 0 Å². The van der Waals surface area contributed by atoms with E-state index in [2.05, 4.69) is 11.6 Å². The first kappa shape index (κ1) is 11.7. The van der Waals surface area contributed by atoms with Crippen molar-refractivity contribution in [2.75, 3.05) is 0 Å². The Kier molecular flexibility index (Phi) is 12.7. The Bertz CT molecular complexity index is 123. The molecule has 0 aromatic heterocycles. The fourth-order valence-electron chi connectivity index (χ4n) is 0.313. The van der Waals surface area contributed by atoms with Gasteiger partial charge >= 0.3 is 0 Å². The minimum Gasteiger partial charge on any atom is -0.384 e. The second-order valence-corrected chi connectivity index (χ2v) is 1.21. The monoisotopic (exact) mass is 140 g/mol. The predicted octanol–water partition coefficient (Wildman–Crippen LogP) is 2.09. The summed E-state index contributed by atoms with van der Waals surface area (Å²) in [7, 11) is 0. The Morgan fingerprint density at radius 2 is 2.00 bits per heavy atom. The number of rotatable bonds is 2. The molecule has 0 radical (unpaired) electrons. The average molecular weight is 140 g/mol. The van der Waals surface area contributed by atoms with Crippen molar-refractivity contribution in [2.45, 2.75) is 20.8 Å². The summed E-state index contributed by atoms with van der Waals surface area (Å²) in [6, 6.07) is 0. The summed E-state index contributed by atoms with van der Waals surface area (Å²) in [5, 5.41) is 0. The summed E-state index contributed by atoms with van der Waals surface area (Å²) in [6.45, 7) is 9.26. The van der Waals surface area contributed by atoms with Gasteiger partial charge < -0.3 is 5.73 Å². The molecule has 0 aliphatic rings. The van der Waals surface area contributed by atoms with Gasteiger partial charge in [-0.2, -0.15) is 0 Å². The van der Waals surface area contributed by atoms with Crippen molar-refractivity contribution in [3.05, 3.63) is 24.6 Å². The van der Waals surface area contributed by atoms with Gasteiger partial charge in [-0.05, 0) is 13.0 Å². The Hall–Kier alpha value is -1.05. The van der Waals surface area contributed by atoms with E-state index in [0.717, 1.165) is 0 Å². The number of hydrogen-bond donors (Lipinski definition) is 1. The van der Waals surface area contributed by atoms with Crippen molar-refractivity contribution in [1.82, 2.24) is 0 Å². The highest BCUT2D eigenvalue weighted by molar-refractivity contribution is 5.55. The number of allylic oxidation sites excluding steroid dienone is 2. The normalized spacial score (nSPS) is 10.5. The first-order valence-electron chi connectivity index (χ1n) is 3.38. The highest BCUT2D eigenvalue weighted by atomic mass is 14.9. The minimum absolute atomic E-state index is 0.488. The maximum absolute atomic E-state index is 5.29. The van der Waals surface area contributed by atoms with Crippen LogP contribution >= 0.6 is 0 Å². The maximum atomic E-state index is 5.29. The topological polar surface area (TPSA) is 38.4 Å². The van der Waals surface area contributed by atoms with E-state index in [0.29, 0.717) is 5.82 Å². The molecule has 0 atom stereocenters. The summed E-state index contributed by atoms with van der Waals surface area (Å²) in [5.41, 5.74) is 5.29. The molecule has 2 N–H and O–H groups in total. The van der Waals surface area contributed by atoms with E-state index < -0.39 is 0 Å². The van der Waals surface area contributed by atoms with E-state index >= 15 is 0 Å². The minimum atomic E-state index is 0.488. The lowest BCUT2D eigenvalue weighted by atomic mass is 10.5. The largest absolute Gasteiger partial charge is 0.384 e. The molecular formula is C8H16N2.